The first kappa shape index (κ1) is 12.8. The Kier molecular flexibility index (Phi) is 6.62. The maximum absolute atomic E-state index is 11.3. The monoisotopic (exact) mass is 199 g/mol. The van der Waals surface area contributed by atoms with Crippen molar-refractivity contribution in [3.63, 3.8) is 0 Å². The lowest BCUT2D eigenvalue weighted by atomic mass is 10.1. The van der Waals surface area contributed by atoms with Crippen LogP contribution in [0.5, 0.6) is 0 Å². The van der Waals surface area contributed by atoms with E-state index in [2.05, 4.69) is 16.9 Å². The van der Waals surface area contributed by atoms with E-state index in [-0.39, 0.29) is 11.5 Å². The van der Waals surface area contributed by atoms with Gasteiger partial charge in [0.2, 0.25) is 0 Å². The van der Waals surface area contributed by atoms with Gasteiger partial charge in [-0.2, -0.15) is 0 Å². The van der Waals surface area contributed by atoms with Crippen LogP contribution in [0.3, 0.4) is 0 Å². The Morgan fingerprint density at radius 3 is 2.36 bits per heavy atom. The summed E-state index contributed by atoms with van der Waals surface area (Å²) >= 11 is 0. The van der Waals surface area contributed by atoms with Gasteiger partial charge in [-0.15, -0.1) is 0 Å². The second-order valence-corrected chi connectivity index (χ2v) is 3.14. The molecule has 0 radical (unpaired) electrons. The molecule has 0 spiro atoms. The summed E-state index contributed by atoms with van der Waals surface area (Å²) in [5.41, 5.74) is 0.260. The van der Waals surface area contributed by atoms with E-state index in [1.807, 2.05) is 0 Å². The van der Waals surface area contributed by atoms with Crippen LogP contribution in [0.1, 0.15) is 46.5 Å². The van der Waals surface area contributed by atoms with E-state index in [0.717, 1.165) is 19.3 Å². The summed E-state index contributed by atoms with van der Waals surface area (Å²) in [7, 11) is 0. The van der Waals surface area contributed by atoms with Gasteiger partial charge < -0.3 is 4.84 Å². The number of carbonyl (C=O) groups is 2. The van der Waals surface area contributed by atoms with Crippen molar-refractivity contribution in [2.75, 3.05) is 0 Å². The Hall–Kier alpha value is -1.19. The van der Waals surface area contributed by atoms with Crippen molar-refractivity contribution >= 4 is 17.5 Å². The third-order valence-electron chi connectivity index (χ3n) is 1.72. The lowest BCUT2D eigenvalue weighted by Crippen LogP contribution is -2.11. The third kappa shape index (κ3) is 6.34. The van der Waals surface area contributed by atoms with Gasteiger partial charge in [-0.25, -0.2) is 4.79 Å². The van der Waals surface area contributed by atoms with Gasteiger partial charge in [-0.3, -0.25) is 4.79 Å². The van der Waals surface area contributed by atoms with E-state index in [9.17, 15) is 9.59 Å². The zero-order chi connectivity index (χ0) is 11.0. The molecule has 0 aliphatic carbocycles. The number of Topliss-reactive ketones (excluding diaryl/α,β-unsaturated/α-hetero) is 1. The van der Waals surface area contributed by atoms with Crippen LogP contribution in [-0.2, 0) is 14.4 Å². The van der Waals surface area contributed by atoms with Crippen LogP contribution in [0, 0.1) is 0 Å². The predicted octanol–water partition coefficient (Wildman–Crippen LogP) is 2.07. The molecule has 0 fully saturated rings. The summed E-state index contributed by atoms with van der Waals surface area (Å²) in [6.07, 6.45) is 3.45. The number of nitrogens with zero attached hydrogens (tertiary/aromatic N) is 1. The quantitative estimate of drug-likeness (QED) is 0.285. The summed E-state index contributed by atoms with van der Waals surface area (Å²) in [5.74, 6) is -0.564. The molecular weight excluding hydrogens is 182 g/mol. The minimum atomic E-state index is -0.509. The Morgan fingerprint density at radius 2 is 1.86 bits per heavy atom. The minimum absolute atomic E-state index is 0.0558. The highest BCUT2D eigenvalue weighted by Gasteiger charge is 2.06. The number of carbonyl (C=O) groups excluding carboxylic acids is 2. The van der Waals surface area contributed by atoms with Crippen LogP contribution in [0.25, 0.3) is 0 Å². The molecule has 0 atom stereocenters. The highest BCUT2D eigenvalue weighted by Crippen LogP contribution is 2.01. The van der Waals surface area contributed by atoms with Crippen molar-refractivity contribution in [3.05, 3.63) is 0 Å². The smallest absolute Gasteiger partial charge is 0.318 e. The van der Waals surface area contributed by atoms with Crippen LogP contribution < -0.4 is 0 Å². The average molecular weight is 199 g/mol. The number of oxime groups is 1. The predicted molar refractivity (Wildman–Crippen MR) is 54.0 cm³/mol. The molecule has 0 unspecified atom stereocenters. The number of hydrogen-bond acceptors (Lipinski definition) is 4. The highest BCUT2D eigenvalue weighted by atomic mass is 16.7. The Bertz CT molecular complexity index is 234. The Labute approximate surface area is 84.3 Å². The first-order chi connectivity index (χ1) is 6.57. The van der Waals surface area contributed by atoms with Gasteiger partial charge in [0.1, 0.15) is 5.71 Å². The van der Waals surface area contributed by atoms with Crippen molar-refractivity contribution in [1.29, 1.82) is 0 Å². The topological polar surface area (TPSA) is 55.7 Å². The van der Waals surface area contributed by atoms with E-state index in [0.29, 0.717) is 6.42 Å². The molecule has 4 nitrogen and oxygen atoms in total. The van der Waals surface area contributed by atoms with Gasteiger partial charge in [0, 0.05) is 13.3 Å². The van der Waals surface area contributed by atoms with Crippen molar-refractivity contribution in [2.24, 2.45) is 5.16 Å². The maximum Gasteiger partial charge on any atom is 0.331 e. The maximum atomic E-state index is 11.3. The Balaban J connectivity index is 3.86. The van der Waals surface area contributed by atoms with E-state index < -0.39 is 5.97 Å². The first-order valence-electron chi connectivity index (χ1n) is 4.83. The molecule has 0 heterocycles. The standard InChI is InChI=1S/C10H17NO3/c1-4-5-6-7-10(13)8(2)11-14-9(3)12/h4-7H2,1-3H3. The van der Waals surface area contributed by atoms with Gasteiger partial charge in [0.25, 0.3) is 0 Å². The molecule has 0 aliphatic rings. The molecule has 0 aromatic carbocycles. The molecule has 0 saturated heterocycles. The lowest BCUT2D eigenvalue weighted by Gasteiger charge is -1.98. The summed E-state index contributed by atoms with van der Waals surface area (Å²) in [6.45, 7) is 4.87. The van der Waals surface area contributed by atoms with Gasteiger partial charge in [-0.1, -0.05) is 24.9 Å². The molecule has 0 bridgehead atoms. The van der Waals surface area contributed by atoms with Gasteiger partial charge >= 0.3 is 5.97 Å². The molecule has 0 N–H and O–H groups in total. The Morgan fingerprint density at radius 1 is 1.21 bits per heavy atom. The molecule has 0 aromatic rings. The normalized spacial score (nSPS) is 11.2. The van der Waals surface area contributed by atoms with E-state index >= 15 is 0 Å². The number of unbranched alkanes of at least 4 members (excludes halogenated alkanes) is 2. The number of ketones is 1. The van der Waals surface area contributed by atoms with Crippen LogP contribution >= 0.6 is 0 Å². The molecular formula is C10H17NO3. The van der Waals surface area contributed by atoms with Gasteiger partial charge in [0.15, 0.2) is 5.78 Å². The SMILES string of the molecule is CCCCCC(=O)C(C)=NOC(C)=O. The van der Waals surface area contributed by atoms with Crippen LogP contribution in [0.15, 0.2) is 5.16 Å². The van der Waals surface area contributed by atoms with E-state index in [4.69, 9.17) is 0 Å². The average Bonchev–Trinajstić information content (AvgIpc) is 2.14. The molecule has 80 valence electrons. The fourth-order valence-electron chi connectivity index (χ4n) is 0.900. The van der Waals surface area contributed by atoms with Crippen LogP contribution in [0.2, 0.25) is 0 Å². The fourth-order valence-corrected chi connectivity index (χ4v) is 0.900. The number of hydrogen-bond donors (Lipinski definition) is 0. The van der Waals surface area contributed by atoms with Crippen molar-refractivity contribution < 1.29 is 14.4 Å². The van der Waals surface area contributed by atoms with E-state index in [1.54, 1.807) is 6.92 Å². The molecule has 0 saturated carbocycles. The van der Waals surface area contributed by atoms with Crippen molar-refractivity contribution in [2.45, 2.75) is 46.5 Å². The summed E-state index contributed by atoms with van der Waals surface area (Å²) in [4.78, 5) is 26.1. The van der Waals surface area contributed by atoms with Crippen LogP contribution in [0.4, 0.5) is 0 Å². The van der Waals surface area contributed by atoms with Crippen molar-refractivity contribution in [1.82, 2.24) is 0 Å². The number of rotatable bonds is 6. The first-order valence-corrected chi connectivity index (χ1v) is 4.83. The molecule has 14 heavy (non-hydrogen) atoms. The molecule has 4 heteroatoms. The summed E-state index contributed by atoms with van der Waals surface area (Å²) in [5, 5.41) is 3.42. The molecule has 0 aliphatic heterocycles. The zero-order valence-corrected chi connectivity index (χ0v) is 9.00. The minimum Gasteiger partial charge on any atom is -0.318 e. The summed E-state index contributed by atoms with van der Waals surface area (Å²) < 4.78 is 0. The van der Waals surface area contributed by atoms with Gasteiger partial charge in [-0.05, 0) is 13.3 Å². The lowest BCUT2D eigenvalue weighted by molar-refractivity contribution is -0.140. The summed E-state index contributed by atoms with van der Waals surface area (Å²) in [6, 6.07) is 0. The third-order valence-corrected chi connectivity index (χ3v) is 1.72. The van der Waals surface area contributed by atoms with Crippen LogP contribution in [-0.4, -0.2) is 17.5 Å². The van der Waals surface area contributed by atoms with Gasteiger partial charge in [0.05, 0.1) is 0 Å². The zero-order valence-electron chi connectivity index (χ0n) is 9.00. The second kappa shape index (κ2) is 7.24. The van der Waals surface area contributed by atoms with E-state index in [1.165, 1.54) is 6.92 Å². The second-order valence-electron chi connectivity index (χ2n) is 3.14. The fraction of sp³-hybridized carbons (Fsp3) is 0.700. The largest absolute Gasteiger partial charge is 0.331 e. The highest BCUT2D eigenvalue weighted by molar-refractivity contribution is 6.38. The van der Waals surface area contributed by atoms with Crippen molar-refractivity contribution in [3.8, 4) is 0 Å². The molecule has 0 amide bonds. The molecule has 0 rings (SSSR count). The molecule has 0 aromatic heterocycles.